The Bertz CT molecular complexity index is 483. The maximum Gasteiger partial charge on any atom is -1.00 e. The minimum Gasteiger partial charge on any atom is -1.00 e. The van der Waals surface area contributed by atoms with Crippen molar-refractivity contribution < 1.29 is 45.7 Å². The first-order valence-corrected chi connectivity index (χ1v) is 17.7. The molecule has 4 heteroatoms. The third-order valence-corrected chi connectivity index (χ3v) is 23.7. The van der Waals surface area contributed by atoms with Crippen LogP contribution in [0.1, 0.15) is 53.4 Å². The van der Waals surface area contributed by atoms with E-state index in [-0.39, 0.29) is 24.8 Å². The second kappa shape index (κ2) is 9.82. The molecule has 2 aliphatic rings. The summed E-state index contributed by atoms with van der Waals surface area (Å²) in [6.07, 6.45) is 10.3. The van der Waals surface area contributed by atoms with Crippen molar-refractivity contribution in [2.75, 3.05) is 0 Å². The second-order valence-corrected chi connectivity index (χ2v) is 25.5. The molecule has 0 spiro atoms. The van der Waals surface area contributed by atoms with E-state index in [9.17, 15) is 0 Å². The van der Waals surface area contributed by atoms with Gasteiger partial charge in [-0.05, 0) is 0 Å². The summed E-state index contributed by atoms with van der Waals surface area (Å²) in [7, 11) is 0. The first-order valence-electron chi connectivity index (χ1n) is 8.13. The van der Waals surface area contributed by atoms with Crippen LogP contribution in [0.2, 0.25) is 13.1 Å². The van der Waals surface area contributed by atoms with Gasteiger partial charge in [-0.15, -0.1) is 0 Å². The molecule has 0 aliphatic heterocycles. The van der Waals surface area contributed by atoms with Crippen molar-refractivity contribution in [3.05, 3.63) is 41.0 Å². The van der Waals surface area contributed by atoms with Crippen LogP contribution in [0.5, 0.6) is 0 Å². The Morgan fingerprint density at radius 3 is 1.45 bits per heavy atom. The van der Waals surface area contributed by atoms with E-state index in [1.165, 1.54) is 25.7 Å². The summed E-state index contributed by atoms with van der Waals surface area (Å²) in [6.45, 7) is 14.6. The van der Waals surface area contributed by atoms with Gasteiger partial charge in [0.05, 0.1) is 0 Å². The van der Waals surface area contributed by atoms with Gasteiger partial charge in [-0.2, -0.15) is 0 Å². The van der Waals surface area contributed by atoms with E-state index in [1.54, 1.807) is 22.3 Å². The smallest absolute Gasteiger partial charge is 1.00 e. The van der Waals surface area contributed by atoms with Gasteiger partial charge in [-0.1, -0.05) is 0 Å². The first kappa shape index (κ1) is 22.6. The molecule has 2 rings (SSSR count). The van der Waals surface area contributed by atoms with Crippen molar-refractivity contribution in [2.24, 2.45) is 0 Å². The van der Waals surface area contributed by atoms with E-state index in [0.717, 1.165) is 0 Å². The molecule has 0 saturated carbocycles. The molecule has 0 aromatic rings. The van der Waals surface area contributed by atoms with Crippen LogP contribution in [-0.4, -0.2) is 5.92 Å². The summed E-state index contributed by atoms with van der Waals surface area (Å²) in [5.41, 5.74) is 6.80. The average Bonchev–Trinajstić information content (AvgIpc) is 2.94. The normalized spacial score (nSPS) is 17.4. The van der Waals surface area contributed by atoms with Gasteiger partial charge in [-0.3, -0.25) is 0 Å². The molecular formula is C18H29Cl2SiZr. The molecule has 2 aliphatic carbocycles. The standard InChI is InChI=1S/2C8H11.C2H7Si.2ClH.Zr/c2*1-3-8-5-4-7(2)6-8;1-3-2;;;/h2*5H,3,6H2,1-2H3;3H,1-2H3;2*1H;/q;;;;;+2/p-2. The van der Waals surface area contributed by atoms with Crippen molar-refractivity contribution in [2.45, 2.75) is 66.5 Å². The number of hydrogen-bond acceptors (Lipinski definition) is 0. The SMILES string of the molecule is CCC1=C[C]([Zr+2]([C]2=C(C)CC(CC)=C2)[SiH](C)C)=C(C)C1.[Cl-].[Cl-]. The van der Waals surface area contributed by atoms with Crippen LogP contribution in [0.4, 0.5) is 0 Å². The number of rotatable bonds is 5. The summed E-state index contributed by atoms with van der Waals surface area (Å²) in [5.74, 6) is -0.554. The van der Waals surface area contributed by atoms with Gasteiger partial charge in [0.2, 0.25) is 0 Å². The van der Waals surface area contributed by atoms with Crippen molar-refractivity contribution in [1.29, 1.82) is 0 Å². The number of halogens is 2. The molecular weight excluding hydrogens is 406 g/mol. The molecule has 0 atom stereocenters. The van der Waals surface area contributed by atoms with Crippen LogP contribution >= 0.6 is 0 Å². The maximum absolute atomic E-state index is 2.62. The van der Waals surface area contributed by atoms with Gasteiger partial charge in [0, 0.05) is 0 Å². The van der Waals surface area contributed by atoms with Gasteiger partial charge in [0.15, 0.2) is 0 Å². The molecule has 0 aromatic carbocycles. The summed E-state index contributed by atoms with van der Waals surface area (Å²) in [6, 6.07) is 0. The average molecular weight is 436 g/mol. The van der Waals surface area contributed by atoms with Crippen molar-refractivity contribution >= 4 is 5.92 Å². The van der Waals surface area contributed by atoms with Gasteiger partial charge in [0.25, 0.3) is 0 Å². The van der Waals surface area contributed by atoms with Crippen LogP contribution < -0.4 is 24.8 Å². The van der Waals surface area contributed by atoms with E-state index in [2.05, 4.69) is 52.9 Å². The predicted molar refractivity (Wildman–Crippen MR) is 90.3 cm³/mol. The zero-order chi connectivity index (χ0) is 14.9. The van der Waals surface area contributed by atoms with Crippen molar-refractivity contribution in [1.82, 2.24) is 0 Å². The maximum atomic E-state index is 2.62. The number of hydrogen-bond donors (Lipinski definition) is 0. The molecule has 0 heterocycles. The molecule has 0 amide bonds. The molecule has 22 heavy (non-hydrogen) atoms. The molecule has 0 bridgehead atoms. The van der Waals surface area contributed by atoms with Crippen LogP contribution in [0.3, 0.4) is 0 Å². The van der Waals surface area contributed by atoms with Gasteiger partial charge >= 0.3 is 134 Å². The van der Waals surface area contributed by atoms with Crippen LogP contribution in [0.25, 0.3) is 0 Å². The third kappa shape index (κ3) is 4.82. The molecule has 0 aromatic heterocycles. The van der Waals surface area contributed by atoms with E-state index >= 15 is 0 Å². The topological polar surface area (TPSA) is 0 Å². The van der Waals surface area contributed by atoms with E-state index in [1.807, 2.05) is 6.56 Å². The Morgan fingerprint density at radius 1 is 0.864 bits per heavy atom. The fourth-order valence-electron chi connectivity index (χ4n) is 3.46. The minimum absolute atomic E-state index is 0. The zero-order valence-electron chi connectivity index (χ0n) is 14.8. The third-order valence-electron chi connectivity index (χ3n) is 4.67. The summed E-state index contributed by atoms with van der Waals surface area (Å²) in [5, 5.41) is 0. The zero-order valence-corrected chi connectivity index (χ0v) is 19.9. The van der Waals surface area contributed by atoms with E-state index in [0.29, 0.717) is 0 Å². The molecule has 0 radical (unpaired) electrons. The largest absolute Gasteiger partial charge is 1.00 e. The quantitative estimate of drug-likeness (QED) is 0.517. The fourth-order valence-corrected chi connectivity index (χ4v) is 23.0. The molecule has 0 nitrogen and oxygen atoms in total. The van der Waals surface area contributed by atoms with Gasteiger partial charge in [-0.25, -0.2) is 0 Å². The molecule has 0 N–H and O–H groups in total. The van der Waals surface area contributed by atoms with Crippen molar-refractivity contribution in [3.63, 3.8) is 0 Å². The Kier molecular flexibility index (Phi) is 10.1. The molecule has 0 saturated heterocycles. The monoisotopic (exact) mass is 433 g/mol. The summed E-state index contributed by atoms with van der Waals surface area (Å²) >= 11 is -1.56. The Balaban J connectivity index is 0.00000220. The summed E-state index contributed by atoms with van der Waals surface area (Å²) in [4.78, 5) is 0. The van der Waals surface area contributed by atoms with Crippen LogP contribution in [0, 0.1) is 0 Å². The first-order chi connectivity index (χ1) is 9.47. The van der Waals surface area contributed by atoms with E-state index < -0.39 is 26.8 Å². The fraction of sp³-hybridized carbons (Fsp3) is 0.556. The van der Waals surface area contributed by atoms with Crippen molar-refractivity contribution in [3.8, 4) is 0 Å². The predicted octanol–water partition coefficient (Wildman–Crippen LogP) is -0.376. The van der Waals surface area contributed by atoms with Gasteiger partial charge in [0.1, 0.15) is 0 Å². The second-order valence-electron chi connectivity index (χ2n) is 6.62. The molecule has 123 valence electrons. The number of allylic oxidation sites excluding steroid dienone is 8. The summed E-state index contributed by atoms with van der Waals surface area (Å²) < 4.78 is 3.74. The van der Waals surface area contributed by atoms with Crippen LogP contribution in [0.15, 0.2) is 41.0 Å². The van der Waals surface area contributed by atoms with Gasteiger partial charge < -0.3 is 24.8 Å². The van der Waals surface area contributed by atoms with Crippen LogP contribution in [-0.2, 0) is 20.9 Å². The Morgan fingerprint density at radius 2 is 1.23 bits per heavy atom. The Labute approximate surface area is 158 Å². The molecule has 0 fully saturated rings. The Hall–Kier alpha value is 0.640. The van der Waals surface area contributed by atoms with E-state index in [4.69, 9.17) is 0 Å². The minimum atomic E-state index is -1.56. The molecule has 0 unspecified atom stereocenters.